The van der Waals surface area contributed by atoms with Crippen LogP contribution in [0.3, 0.4) is 0 Å². The summed E-state index contributed by atoms with van der Waals surface area (Å²) >= 11 is 0. The zero-order valence-electron chi connectivity index (χ0n) is 17.2. The third-order valence-electron chi connectivity index (χ3n) is 7.43. The Morgan fingerprint density at radius 3 is 2.86 bits per heavy atom. The lowest BCUT2D eigenvalue weighted by Crippen LogP contribution is -2.45. The fourth-order valence-corrected chi connectivity index (χ4v) is 5.77. The van der Waals surface area contributed by atoms with E-state index in [4.69, 9.17) is 9.47 Å². The maximum atomic E-state index is 12.6. The van der Waals surface area contributed by atoms with E-state index in [0.717, 1.165) is 38.0 Å². The molecule has 0 amide bonds. The summed E-state index contributed by atoms with van der Waals surface area (Å²) < 4.78 is 11.0. The SMILES string of the molecule is C=C1CCC[C@]2(C)C[C@H]3OC(=O)[C@@H](CNCCc4ccc(OC)cc4)[C@H]3C[C@H]12. The second kappa shape index (κ2) is 7.90. The highest BCUT2D eigenvalue weighted by atomic mass is 16.6. The molecule has 1 heterocycles. The number of allylic oxidation sites excluding steroid dienone is 1. The Morgan fingerprint density at radius 1 is 1.32 bits per heavy atom. The smallest absolute Gasteiger partial charge is 0.310 e. The molecule has 4 rings (SSSR count). The molecule has 0 radical (unpaired) electrons. The summed E-state index contributed by atoms with van der Waals surface area (Å²) in [5.74, 6) is 1.76. The van der Waals surface area contributed by atoms with Crippen molar-refractivity contribution < 1.29 is 14.3 Å². The summed E-state index contributed by atoms with van der Waals surface area (Å²) in [7, 11) is 1.68. The molecule has 152 valence electrons. The van der Waals surface area contributed by atoms with Crippen molar-refractivity contribution in [2.24, 2.45) is 23.2 Å². The van der Waals surface area contributed by atoms with Gasteiger partial charge in [0, 0.05) is 12.5 Å². The Morgan fingerprint density at radius 2 is 2.11 bits per heavy atom. The summed E-state index contributed by atoms with van der Waals surface area (Å²) in [6.07, 6.45) is 6.74. The van der Waals surface area contributed by atoms with Crippen LogP contribution in [0.25, 0.3) is 0 Å². The molecule has 3 aliphatic rings. The lowest BCUT2D eigenvalue weighted by Gasteiger charge is -2.50. The van der Waals surface area contributed by atoms with Gasteiger partial charge in [-0.3, -0.25) is 4.79 Å². The summed E-state index contributed by atoms with van der Waals surface area (Å²) in [4.78, 5) is 12.6. The molecule has 2 aliphatic carbocycles. The number of ether oxygens (including phenoxy) is 2. The van der Waals surface area contributed by atoms with Crippen LogP contribution in [0.4, 0.5) is 0 Å². The first-order valence-corrected chi connectivity index (χ1v) is 10.7. The van der Waals surface area contributed by atoms with Crippen molar-refractivity contribution in [2.75, 3.05) is 20.2 Å². The van der Waals surface area contributed by atoms with Gasteiger partial charge < -0.3 is 14.8 Å². The largest absolute Gasteiger partial charge is 0.497 e. The quantitative estimate of drug-likeness (QED) is 0.456. The van der Waals surface area contributed by atoms with Crippen molar-refractivity contribution in [3.8, 4) is 5.75 Å². The first-order chi connectivity index (χ1) is 13.5. The predicted molar refractivity (Wildman–Crippen MR) is 110 cm³/mol. The van der Waals surface area contributed by atoms with Gasteiger partial charge in [0.15, 0.2) is 0 Å². The van der Waals surface area contributed by atoms with E-state index in [-0.39, 0.29) is 23.4 Å². The summed E-state index contributed by atoms with van der Waals surface area (Å²) in [5.41, 5.74) is 2.94. The van der Waals surface area contributed by atoms with Gasteiger partial charge in [-0.1, -0.05) is 31.2 Å². The zero-order chi connectivity index (χ0) is 19.7. The number of carbonyl (C=O) groups excluding carboxylic acids is 1. The van der Waals surface area contributed by atoms with Crippen molar-refractivity contribution in [3.05, 3.63) is 42.0 Å². The number of rotatable bonds is 6. The number of hydrogen-bond donors (Lipinski definition) is 1. The molecule has 1 saturated heterocycles. The van der Waals surface area contributed by atoms with Gasteiger partial charge in [-0.15, -0.1) is 0 Å². The predicted octanol–water partition coefficient (Wildman–Crippen LogP) is 4.14. The number of esters is 1. The van der Waals surface area contributed by atoms with Crippen LogP contribution >= 0.6 is 0 Å². The molecule has 3 fully saturated rings. The molecule has 5 atom stereocenters. The third kappa shape index (κ3) is 3.71. The summed E-state index contributed by atoms with van der Waals surface area (Å²) in [6, 6.07) is 8.17. The van der Waals surface area contributed by atoms with Gasteiger partial charge in [0.1, 0.15) is 11.9 Å². The minimum absolute atomic E-state index is 0.000179. The first-order valence-electron chi connectivity index (χ1n) is 10.7. The molecular formula is C24H33NO3. The second-order valence-electron chi connectivity index (χ2n) is 9.21. The minimum Gasteiger partial charge on any atom is -0.497 e. The molecule has 0 unspecified atom stereocenters. The van der Waals surface area contributed by atoms with Crippen LogP contribution in [0.15, 0.2) is 36.4 Å². The molecule has 1 aromatic carbocycles. The van der Waals surface area contributed by atoms with Crippen LogP contribution in [0.5, 0.6) is 5.75 Å². The fraction of sp³-hybridized carbons (Fsp3) is 0.625. The highest BCUT2D eigenvalue weighted by Crippen LogP contribution is 2.56. The lowest BCUT2D eigenvalue weighted by molar-refractivity contribution is -0.146. The Labute approximate surface area is 168 Å². The molecule has 2 saturated carbocycles. The van der Waals surface area contributed by atoms with E-state index in [1.807, 2.05) is 12.1 Å². The minimum atomic E-state index is -0.0138. The maximum Gasteiger partial charge on any atom is 0.310 e. The number of methoxy groups -OCH3 is 1. The van der Waals surface area contributed by atoms with Crippen molar-refractivity contribution >= 4 is 5.97 Å². The molecule has 4 heteroatoms. The average molecular weight is 384 g/mol. The Kier molecular flexibility index (Phi) is 5.50. The van der Waals surface area contributed by atoms with Gasteiger partial charge >= 0.3 is 5.97 Å². The molecular weight excluding hydrogens is 350 g/mol. The van der Waals surface area contributed by atoms with Gasteiger partial charge in [0.2, 0.25) is 0 Å². The van der Waals surface area contributed by atoms with Gasteiger partial charge in [0.25, 0.3) is 0 Å². The van der Waals surface area contributed by atoms with Crippen LogP contribution in [0.2, 0.25) is 0 Å². The van der Waals surface area contributed by atoms with Crippen molar-refractivity contribution in [3.63, 3.8) is 0 Å². The van der Waals surface area contributed by atoms with Crippen molar-refractivity contribution in [1.29, 1.82) is 0 Å². The molecule has 4 nitrogen and oxygen atoms in total. The van der Waals surface area contributed by atoms with Crippen molar-refractivity contribution in [2.45, 2.75) is 51.6 Å². The number of fused-ring (bicyclic) bond motifs is 2. The number of benzene rings is 1. The molecule has 1 aromatic rings. The topological polar surface area (TPSA) is 47.6 Å². The molecule has 0 aromatic heterocycles. The summed E-state index contributed by atoms with van der Waals surface area (Å²) in [6.45, 7) is 8.33. The van der Waals surface area contributed by atoms with Crippen LogP contribution in [-0.2, 0) is 16.0 Å². The number of carbonyl (C=O) groups is 1. The van der Waals surface area contributed by atoms with Gasteiger partial charge in [-0.05, 0) is 74.1 Å². The average Bonchev–Trinajstić information content (AvgIpc) is 2.98. The molecule has 1 N–H and O–H groups in total. The van der Waals surface area contributed by atoms with Gasteiger partial charge in [-0.25, -0.2) is 0 Å². The van der Waals surface area contributed by atoms with Crippen LogP contribution in [0.1, 0.15) is 44.6 Å². The lowest BCUT2D eigenvalue weighted by atomic mass is 9.55. The van der Waals surface area contributed by atoms with Crippen molar-refractivity contribution in [1.82, 2.24) is 5.32 Å². The zero-order valence-corrected chi connectivity index (χ0v) is 17.2. The first kappa shape index (κ1) is 19.5. The van der Waals surface area contributed by atoms with E-state index in [0.29, 0.717) is 18.4 Å². The van der Waals surface area contributed by atoms with E-state index in [2.05, 4.69) is 31.0 Å². The van der Waals surface area contributed by atoms with E-state index < -0.39 is 0 Å². The Balaban J connectivity index is 1.32. The molecule has 1 aliphatic heterocycles. The van der Waals surface area contributed by atoms with E-state index in [9.17, 15) is 4.79 Å². The second-order valence-corrected chi connectivity index (χ2v) is 9.21. The highest BCUT2D eigenvalue weighted by molar-refractivity contribution is 5.75. The normalized spacial score (nSPS) is 34.5. The number of hydrogen-bond acceptors (Lipinski definition) is 4. The summed E-state index contributed by atoms with van der Waals surface area (Å²) in [5, 5.41) is 3.51. The molecule has 28 heavy (non-hydrogen) atoms. The molecule has 0 spiro atoms. The fourth-order valence-electron chi connectivity index (χ4n) is 5.77. The third-order valence-corrected chi connectivity index (χ3v) is 7.43. The Hall–Kier alpha value is -1.81. The monoisotopic (exact) mass is 383 g/mol. The van der Waals surface area contributed by atoms with Gasteiger partial charge in [0.05, 0.1) is 13.0 Å². The van der Waals surface area contributed by atoms with Crippen LogP contribution in [0, 0.1) is 23.2 Å². The Bertz CT molecular complexity index is 728. The van der Waals surface area contributed by atoms with E-state index >= 15 is 0 Å². The number of nitrogens with one attached hydrogen (secondary N) is 1. The highest BCUT2D eigenvalue weighted by Gasteiger charge is 2.54. The van der Waals surface area contributed by atoms with E-state index in [1.54, 1.807) is 7.11 Å². The van der Waals surface area contributed by atoms with E-state index in [1.165, 1.54) is 24.0 Å². The molecule has 0 bridgehead atoms. The maximum absolute atomic E-state index is 12.6. The van der Waals surface area contributed by atoms with Gasteiger partial charge in [-0.2, -0.15) is 0 Å². The van der Waals surface area contributed by atoms with Crippen LogP contribution in [-0.4, -0.2) is 32.3 Å². The van der Waals surface area contributed by atoms with Crippen LogP contribution < -0.4 is 10.1 Å². The standard InChI is InChI=1S/C24H33NO3/c1-16-5-4-11-24(2)14-22-19(13-21(16)24)20(23(26)28-22)15-25-12-10-17-6-8-18(27-3)9-7-17/h6-9,19-22,25H,1,4-5,10-15H2,2-3H3/t19-,20+,21-,22-,24-/m1/s1.